The molecule has 3 aromatic rings. The minimum Gasteiger partial charge on any atom is -0.347 e. The number of aromatic nitrogens is 2. The van der Waals surface area contributed by atoms with Crippen LogP contribution in [0.1, 0.15) is 50.8 Å². The van der Waals surface area contributed by atoms with Gasteiger partial charge in [0.05, 0.1) is 10.8 Å². The maximum atomic E-state index is 14.1. The Morgan fingerprint density at radius 1 is 1.14 bits per heavy atom. The van der Waals surface area contributed by atoms with Crippen LogP contribution in [0.2, 0.25) is 0 Å². The number of nitrogens with zero attached hydrogens (tertiary/aromatic N) is 2. The van der Waals surface area contributed by atoms with Crippen molar-refractivity contribution in [1.29, 1.82) is 0 Å². The van der Waals surface area contributed by atoms with Gasteiger partial charge in [0.25, 0.3) is 6.43 Å². The Morgan fingerprint density at radius 2 is 1.83 bits per heavy atom. The summed E-state index contributed by atoms with van der Waals surface area (Å²) in [6.45, 7) is 6.18. The fourth-order valence-electron chi connectivity index (χ4n) is 4.15. The van der Waals surface area contributed by atoms with Gasteiger partial charge < -0.3 is 4.57 Å². The Hall–Kier alpha value is -2.53. The molecule has 190 valence electrons. The largest absolute Gasteiger partial charge is 0.417 e. The predicted molar refractivity (Wildman–Crippen MR) is 123 cm³/mol. The molecule has 35 heavy (non-hydrogen) atoms. The van der Waals surface area contributed by atoms with Crippen LogP contribution in [0, 0.1) is 5.41 Å². The van der Waals surface area contributed by atoms with Gasteiger partial charge in [0, 0.05) is 47.2 Å². The Kier molecular flexibility index (Phi) is 6.46. The molecule has 0 saturated heterocycles. The number of pyridine rings is 1. The number of halogens is 5. The summed E-state index contributed by atoms with van der Waals surface area (Å²) in [6, 6.07) is 3.50. The highest BCUT2D eigenvalue weighted by Crippen LogP contribution is 2.40. The highest BCUT2D eigenvalue weighted by Gasteiger charge is 2.40. The maximum absolute atomic E-state index is 14.1. The number of hydrogen-bond donors (Lipinski definition) is 1. The minimum absolute atomic E-state index is 0.0808. The van der Waals surface area contributed by atoms with Crippen molar-refractivity contribution in [3.63, 3.8) is 0 Å². The lowest BCUT2D eigenvalue weighted by atomic mass is 9.96. The molecular formula is C24H26F5N3O2S. The molecule has 11 heteroatoms. The monoisotopic (exact) mass is 515 g/mol. The van der Waals surface area contributed by atoms with Crippen LogP contribution in [0.25, 0.3) is 22.0 Å². The van der Waals surface area contributed by atoms with E-state index in [1.165, 1.54) is 24.4 Å². The van der Waals surface area contributed by atoms with Crippen molar-refractivity contribution in [2.45, 2.75) is 64.1 Å². The van der Waals surface area contributed by atoms with Crippen LogP contribution in [0.4, 0.5) is 22.0 Å². The summed E-state index contributed by atoms with van der Waals surface area (Å²) in [4.78, 5) is 3.83. The maximum Gasteiger partial charge on any atom is 0.417 e. The van der Waals surface area contributed by atoms with E-state index in [0.29, 0.717) is 30.3 Å². The molecule has 2 aromatic heterocycles. The molecule has 1 unspecified atom stereocenters. The zero-order valence-corrected chi connectivity index (χ0v) is 20.2. The van der Waals surface area contributed by atoms with Crippen LogP contribution in [-0.2, 0) is 22.7 Å². The standard InChI is InChI=1S/C24H26F5N3O2S/c1-23(2,3)13-32-12-18(21(22(25)26)31-35(33,34)15-5-6-15)16-7-4-14(10-20(16)32)17-11-30-9-8-19(17)24(27,28)29/h4,7-12,15,21-22,31H,5-6,13H2,1-3H3. The lowest BCUT2D eigenvalue weighted by Crippen LogP contribution is -2.35. The predicted octanol–water partition coefficient (Wildman–Crippen LogP) is 6.16. The average Bonchev–Trinajstić information content (AvgIpc) is 3.55. The Bertz CT molecular complexity index is 1340. The lowest BCUT2D eigenvalue weighted by molar-refractivity contribution is -0.137. The summed E-state index contributed by atoms with van der Waals surface area (Å²) in [5, 5.41) is -0.330. The quantitative estimate of drug-likeness (QED) is 0.384. The van der Waals surface area contributed by atoms with E-state index in [4.69, 9.17) is 0 Å². The number of sulfonamides is 1. The molecule has 1 aliphatic carbocycles. The first-order valence-corrected chi connectivity index (χ1v) is 12.7. The lowest BCUT2D eigenvalue weighted by Gasteiger charge is -2.20. The molecule has 1 N–H and O–H groups in total. The number of rotatable bonds is 7. The van der Waals surface area contributed by atoms with E-state index in [1.807, 2.05) is 20.8 Å². The van der Waals surface area contributed by atoms with Crippen molar-refractivity contribution in [2.75, 3.05) is 0 Å². The first-order chi connectivity index (χ1) is 16.2. The molecule has 1 aromatic carbocycles. The second kappa shape index (κ2) is 8.85. The fourth-order valence-corrected chi connectivity index (χ4v) is 5.68. The molecule has 0 aliphatic heterocycles. The van der Waals surface area contributed by atoms with Gasteiger partial charge in [-0.3, -0.25) is 4.98 Å². The highest BCUT2D eigenvalue weighted by atomic mass is 32.2. The third kappa shape index (κ3) is 5.50. The zero-order valence-electron chi connectivity index (χ0n) is 19.4. The summed E-state index contributed by atoms with van der Waals surface area (Å²) in [7, 11) is -3.92. The third-order valence-corrected chi connectivity index (χ3v) is 7.77. The first-order valence-electron chi connectivity index (χ1n) is 11.1. The Balaban J connectivity index is 1.88. The van der Waals surface area contributed by atoms with Crippen molar-refractivity contribution < 1.29 is 30.4 Å². The van der Waals surface area contributed by atoms with Gasteiger partial charge in [0.15, 0.2) is 0 Å². The van der Waals surface area contributed by atoms with Crippen LogP contribution in [0.15, 0.2) is 42.9 Å². The van der Waals surface area contributed by atoms with E-state index >= 15 is 0 Å². The van der Waals surface area contributed by atoms with Gasteiger partial charge in [-0.2, -0.15) is 13.2 Å². The van der Waals surface area contributed by atoms with Crippen molar-refractivity contribution >= 4 is 20.9 Å². The molecular weight excluding hydrogens is 489 g/mol. The van der Waals surface area contributed by atoms with E-state index in [2.05, 4.69) is 9.71 Å². The topological polar surface area (TPSA) is 64.0 Å². The molecule has 0 spiro atoms. The molecule has 4 rings (SSSR count). The van der Waals surface area contributed by atoms with Gasteiger partial charge in [0.1, 0.15) is 6.04 Å². The number of alkyl halides is 5. The van der Waals surface area contributed by atoms with Crippen LogP contribution in [0.5, 0.6) is 0 Å². The van der Waals surface area contributed by atoms with Crippen LogP contribution < -0.4 is 4.72 Å². The molecule has 0 amide bonds. The third-order valence-electron chi connectivity index (χ3n) is 5.84. The fraction of sp³-hybridized carbons (Fsp3) is 0.458. The summed E-state index contributed by atoms with van der Waals surface area (Å²) < 4.78 is 97.8. The molecule has 1 fully saturated rings. The normalized spacial score (nSPS) is 16.3. The molecule has 1 aliphatic rings. The number of fused-ring (bicyclic) bond motifs is 1. The molecule has 5 nitrogen and oxygen atoms in total. The van der Waals surface area contributed by atoms with Crippen LogP contribution in [-0.4, -0.2) is 29.6 Å². The Labute approximate surface area is 200 Å². The van der Waals surface area contributed by atoms with Crippen molar-refractivity contribution in [3.8, 4) is 11.1 Å². The first kappa shape index (κ1) is 25.6. The van der Waals surface area contributed by atoms with Gasteiger partial charge in [-0.25, -0.2) is 21.9 Å². The number of hydrogen-bond acceptors (Lipinski definition) is 3. The van der Waals surface area contributed by atoms with E-state index in [-0.39, 0.29) is 22.1 Å². The van der Waals surface area contributed by atoms with Gasteiger partial charge >= 0.3 is 6.18 Å². The van der Waals surface area contributed by atoms with E-state index in [1.54, 1.807) is 4.57 Å². The zero-order chi connectivity index (χ0) is 25.8. The SMILES string of the molecule is CC(C)(C)Cn1cc(C(NS(=O)(=O)C2CC2)C(F)F)c2ccc(-c3cnccc3C(F)(F)F)cc21. The van der Waals surface area contributed by atoms with Gasteiger partial charge in [-0.1, -0.05) is 32.9 Å². The van der Waals surface area contributed by atoms with Crippen molar-refractivity contribution in [2.24, 2.45) is 5.41 Å². The van der Waals surface area contributed by atoms with E-state index in [9.17, 15) is 30.4 Å². The summed E-state index contributed by atoms with van der Waals surface area (Å²) in [6.07, 6.45) is -3.13. The molecule has 1 atom stereocenters. The van der Waals surface area contributed by atoms with Gasteiger partial charge in [-0.05, 0) is 36.0 Å². The smallest absolute Gasteiger partial charge is 0.347 e. The van der Waals surface area contributed by atoms with Crippen LogP contribution >= 0.6 is 0 Å². The number of benzene rings is 1. The summed E-state index contributed by atoms with van der Waals surface area (Å²) in [5.41, 5.74) is -0.545. The van der Waals surface area contributed by atoms with Crippen molar-refractivity contribution in [3.05, 3.63) is 54.0 Å². The molecule has 1 saturated carbocycles. The van der Waals surface area contributed by atoms with Gasteiger partial charge in [-0.15, -0.1) is 0 Å². The second-order valence-corrected chi connectivity index (χ2v) is 12.1. The van der Waals surface area contributed by atoms with Crippen molar-refractivity contribution in [1.82, 2.24) is 14.3 Å². The highest BCUT2D eigenvalue weighted by molar-refractivity contribution is 7.90. The molecule has 0 bridgehead atoms. The summed E-state index contributed by atoms with van der Waals surface area (Å²) in [5.74, 6) is 0. The summed E-state index contributed by atoms with van der Waals surface area (Å²) >= 11 is 0. The number of nitrogens with one attached hydrogen (secondary N) is 1. The van der Waals surface area contributed by atoms with Gasteiger partial charge in [0.2, 0.25) is 10.0 Å². The average molecular weight is 516 g/mol. The van der Waals surface area contributed by atoms with E-state index < -0.39 is 39.5 Å². The molecule has 2 heterocycles. The van der Waals surface area contributed by atoms with E-state index in [0.717, 1.165) is 18.5 Å². The van der Waals surface area contributed by atoms with Crippen LogP contribution in [0.3, 0.4) is 0 Å². The minimum atomic E-state index is -4.60. The molecule has 0 radical (unpaired) electrons. The Morgan fingerprint density at radius 3 is 2.40 bits per heavy atom. The second-order valence-electron chi connectivity index (χ2n) is 10.1.